The number of hydrogen-bond donors (Lipinski definition) is 1. The van der Waals surface area contributed by atoms with Crippen molar-refractivity contribution in [1.82, 2.24) is 0 Å². The van der Waals surface area contributed by atoms with Crippen LogP contribution < -0.4 is 5.19 Å². The van der Waals surface area contributed by atoms with Crippen molar-refractivity contribution < 1.29 is 5.11 Å². The molecule has 1 nitrogen and oxygen atoms in total. The quantitative estimate of drug-likeness (QED) is 0.611. The van der Waals surface area contributed by atoms with E-state index in [0.29, 0.717) is 5.56 Å². The van der Waals surface area contributed by atoms with Crippen LogP contribution in [-0.2, 0) is 0 Å². The first kappa shape index (κ1) is 12.5. The van der Waals surface area contributed by atoms with E-state index in [0.717, 1.165) is 0 Å². The summed E-state index contributed by atoms with van der Waals surface area (Å²) in [6, 6.07) is 17.6. The van der Waals surface area contributed by atoms with Crippen molar-refractivity contribution in [2.45, 2.75) is 13.1 Å². The fraction of sp³-hybridized carbons (Fsp3) is 0.125. The first-order chi connectivity index (χ1) is 8.59. The number of phenols is 1. The van der Waals surface area contributed by atoms with Gasteiger partial charge in [0.15, 0.2) is 8.07 Å². The number of benzene rings is 2. The van der Waals surface area contributed by atoms with Crippen LogP contribution in [0.2, 0.25) is 13.1 Å². The third kappa shape index (κ3) is 2.82. The fourth-order valence-electron chi connectivity index (χ4n) is 1.73. The van der Waals surface area contributed by atoms with Gasteiger partial charge in [0.25, 0.3) is 0 Å². The van der Waals surface area contributed by atoms with Crippen molar-refractivity contribution in [3.63, 3.8) is 0 Å². The van der Waals surface area contributed by atoms with Crippen LogP contribution in [0.1, 0.15) is 5.56 Å². The van der Waals surface area contributed by atoms with E-state index in [1.54, 1.807) is 12.1 Å². The Morgan fingerprint density at radius 2 is 1.50 bits per heavy atom. The highest BCUT2D eigenvalue weighted by molar-refractivity contribution is 6.96. The van der Waals surface area contributed by atoms with Crippen LogP contribution in [0, 0.1) is 11.5 Å². The monoisotopic (exact) mass is 252 g/mol. The lowest BCUT2D eigenvalue weighted by atomic mass is 10.2. The lowest BCUT2D eigenvalue weighted by Gasteiger charge is -2.14. The normalized spacial score (nSPS) is 10.6. The summed E-state index contributed by atoms with van der Waals surface area (Å²) >= 11 is 0. The molecular formula is C16H16OSi. The fourth-order valence-corrected chi connectivity index (χ4v) is 3.35. The number of para-hydroxylation sites is 1. The predicted molar refractivity (Wildman–Crippen MR) is 78.5 cm³/mol. The minimum atomic E-state index is -1.76. The molecule has 0 aliphatic carbocycles. The van der Waals surface area contributed by atoms with Gasteiger partial charge in [-0.2, -0.15) is 0 Å². The Labute approximate surface area is 109 Å². The highest BCUT2D eigenvalue weighted by Gasteiger charge is 2.20. The zero-order valence-electron chi connectivity index (χ0n) is 10.6. The Hall–Kier alpha value is -1.98. The lowest BCUT2D eigenvalue weighted by molar-refractivity contribution is 0.474. The average molecular weight is 252 g/mol. The first-order valence-corrected chi connectivity index (χ1v) is 8.96. The summed E-state index contributed by atoms with van der Waals surface area (Å²) in [5, 5.41) is 11.0. The zero-order chi connectivity index (χ0) is 13.0. The Balaban J connectivity index is 2.33. The Bertz CT molecular complexity index is 591. The van der Waals surface area contributed by atoms with Crippen LogP contribution in [0.3, 0.4) is 0 Å². The van der Waals surface area contributed by atoms with Gasteiger partial charge in [0.1, 0.15) is 5.75 Å². The molecule has 0 saturated carbocycles. The highest BCUT2D eigenvalue weighted by Crippen LogP contribution is 2.14. The maximum absolute atomic E-state index is 9.69. The SMILES string of the molecule is C[Si](C)(C#Cc1ccccc1O)c1ccccc1. The van der Waals surface area contributed by atoms with Gasteiger partial charge in [0, 0.05) is 0 Å². The molecule has 0 saturated heterocycles. The van der Waals surface area contributed by atoms with Gasteiger partial charge in [-0.1, -0.05) is 61.5 Å². The van der Waals surface area contributed by atoms with Crippen molar-refractivity contribution in [3.05, 3.63) is 60.2 Å². The molecule has 0 atom stereocenters. The molecular weight excluding hydrogens is 236 g/mol. The molecule has 0 heterocycles. The van der Waals surface area contributed by atoms with Gasteiger partial charge in [-0.25, -0.2) is 0 Å². The van der Waals surface area contributed by atoms with Gasteiger partial charge in [0.2, 0.25) is 0 Å². The molecule has 0 amide bonds. The molecule has 0 unspecified atom stereocenters. The van der Waals surface area contributed by atoms with E-state index in [9.17, 15) is 5.11 Å². The van der Waals surface area contributed by atoms with Crippen molar-refractivity contribution in [2.24, 2.45) is 0 Å². The van der Waals surface area contributed by atoms with Crippen molar-refractivity contribution in [3.8, 4) is 17.2 Å². The Kier molecular flexibility index (Phi) is 3.54. The minimum absolute atomic E-state index is 0.253. The number of rotatable bonds is 1. The van der Waals surface area contributed by atoms with Gasteiger partial charge in [-0.15, -0.1) is 5.54 Å². The predicted octanol–water partition coefficient (Wildman–Crippen LogP) is 2.90. The van der Waals surface area contributed by atoms with E-state index in [-0.39, 0.29) is 5.75 Å². The molecule has 0 radical (unpaired) electrons. The van der Waals surface area contributed by atoms with Gasteiger partial charge < -0.3 is 5.11 Å². The topological polar surface area (TPSA) is 20.2 Å². The molecule has 2 aromatic carbocycles. The molecule has 0 fully saturated rings. The van der Waals surface area contributed by atoms with Crippen LogP contribution in [0.5, 0.6) is 5.75 Å². The summed E-state index contributed by atoms with van der Waals surface area (Å²) in [7, 11) is -1.76. The number of phenolic OH excluding ortho intramolecular Hbond substituents is 1. The molecule has 2 heteroatoms. The molecule has 2 aromatic rings. The lowest BCUT2D eigenvalue weighted by Crippen LogP contribution is -2.39. The zero-order valence-corrected chi connectivity index (χ0v) is 11.6. The van der Waals surface area contributed by atoms with E-state index in [1.165, 1.54) is 5.19 Å². The second kappa shape index (κ2) is 5.12. The summed E-state index contributed by atoms with van der Waals surface area (Å²) in [6.07, 6.45) is 0. The molecule has 0 aliphatic heterocycles. The van der Waals surface area contributed by atoms with Crippen LogP contribution in [-0.4, -0.2) is 13.2 Å². The molecule has 0 spiro atoms. The van der Waals surface area contributed by atoms with E-state index in [1.807, 2.05) is 30.3 Å². The van der Waals surface area contributed by atoms with E-state index < -0.39 is 8.07 Å². The Morgan fingerprint density at radius 3 is 2.17 bits per heavy atom. The molecule has 0 aromatic heterocycles. The highest BCUT2D eigenvalue weighted by atomic mass is 28.3. The van der Waals surface area contributed by atoms with Crippen LogP contribution >= 0.6 is 0 Å². The number of aromatic hydroxyl groups is 1. The van der Waals surface area contributed by atoms with Crippen LogP contribution in [0.15, 0.2) is 54.6 Å². The molecule has 90 valence electrons. The summed E-state index contributed by atoms with van der Waals surface area (Å²) in [6.45, 7) is 4.44. The van der Waals surface area contributed by atoms with Gasteiger partial charge in [0.05, 0.1) is 5.56 Å². The summed E-state index contributed by atoms with van der Waals surface area (Å²) in [5.41, 5.74) is 4.06. The third-order valence-corrected chi connectivity index (χ3v) is 5.44. The minimum Gasteiger partial charge on any atom is -0.507 e. The van der Waals surface area contributed by atoms with Gasteiger partial charge in [-0.05, 0) is 17.3 Å². The molecule has 0 bridgehead atoms. The average Bonchev–Trinajstić information content (AvgIpc) is 2.39. The van der Waals surface area contributed by atoms with E-state index >= 15 is 0 Å². The van der Waals surface area contributed by atoms with Gasteiger partial charge >= 0.3 is 0 Å². The van der Waals surface area contributed by atoms with Crippen molar-refractivity contribution >= 4 is 13.3 Å². The number of hydrogen-bond acceptors (Lipinski definition) is 1. The maximum Gasteiger partial charge on any atom is 0.163 e. The van der Waals surface area contributed by atoms with E-state index in [2.05, 4.69) is 36.7 Å². The van der Waals surface area contributed by atoms with Crippen molar-refractivity contribution in [1.29, 1.82) is 0 Å². The van der Waals surface area contributed by atoms with Crippen LogP contribution in [0.4, 0.5) is 0 Å². The standard InChI is InChI=1S/C16H16OSi/c1-18(2,15-9-4-3-5-10-15)13-12-14-8-6-7-11-16(14)17/h3-11,17H,1-2H3. The maximum atomic E-state index is 9.69. The summed E-state index contributed by atoms with van der Waals surface area (Å²) in [4.78, 5) is 0. The summed E-state index contributed by atoms with van der Waals surface area (Å²) < 4.78 is 0. The van der Waals surface area contributed by atoms with Gasteiger partial charge in [-0.3, -0.25) is 0 Å². The molecule has 2 rings (SSSR count). The second-order valence-corrected chi connectivity index (χ2v) is 8.84. The van der Waals surface area contributed by atoms with Crippen molar-refractivity contribution in [2.75, 3.05) is 0 Å². The molecule has 0 aliphatic rings. The van der Waals surface area contributed by atoms with E-state index in [4.69, 9.17) is 0 Å². The smallest absolute Gasteiger partial charge is 0.163 e. The van der Waals surface area contributed by atoms with Crippen LogP contribution in [0.25, 0.3) is 0 Å². The molecule has 18 heavy (non-hydrogen) atoms. The largest absolute Gasteiger partial charge is 0.507 e. The Morgan fingerprint density at radius 1 is 0.889 bits per heavy atom. The second-order valence-electron chi connectivity index (χ2n) is 4.76. The summed E-state index contributed by atoms with van der Waals surface area (Å²) in [5.74, 6) is 3.37. The molecule has 1 N–H and O–H groups in total. The first-order valence-electron chi connectivity index (χ1n) is 5.96. The third-order valence-electron chi connectivity index (χ3n) is 2.91.